The predicted octanol–water partition coefficient (Wildman–Crippen LogP) is 2.16. The molecule has 0 saturated carbocycles. The number of ether oxygens (including phenoxy) is 1. The van der Waals surface area contributed by atoms with Crippen molar-refractivity contribution in [1.29, 1.82) is 5.26 Å². The van der Waals surface area contributed by atoms with Gasteiger partial charge in [0.15, 0.2) is 0 Å². The van der Waals surface area contributed by atoms with Crippen molar-refractivity contribution < 1.29 is 9.53 Å². The molecule has 1 aromatic carbocycles. The van der Waals surface area contributed by atoms with Gasteiger partial charge >= 0.3 is 0 Å². The molecule has 0 unspecified atom stereocenters. The van der Waals surface area contributed by atoms with Crippen LogP contribution >= 0.6 is 0 Å². The first-order chi connectivity index (χ1) is 11.4. The molecule has 0 aliphatic rings. The first-order valence-electron chi connectivity index (χ1n) is 7.83. The first-order valence-corrected chi connectivity index (χ1v) is 7.83. The van der Waals surface area contributed by atoms with E-state index in [1.54, 1.807) is 31.4 Å². The van der Waals surface area contributed by atoms with Gasteiger partial charge in [-0.25, -0.2) is 0 Å². The van der Waals surface area contributed by atoms with Gasteiger partial charge in [-0.2, -0.15) is 5.26 Å². The SMILES string of the molecule is CC(C)Oc1ccc2c(=O)n(CC(=O)N(C)CCC#N)ccc2c1. The lowest BCUT2D eigenvalue weighted by atomic mass is 10.1. The number of likely N-dealkylation sites (N-methyl/N-ethyl adjacent to an activating group) is 1. The highest BCUT2D eigenvalue weighted by molar-refractivity contribution is 5.83. The Morgan fingerprint density at radius 2 is 2.12 bits per heavy atom. The molecule has 24 heavy (non-hydrogen) atoms. The molecule has 0 aliphatic heterocycles. The van der Waals surface area contributed by atoms with Crippen LogP contribution in [0.15, 0.2) is 35.3 Å². The molecule has 1 aromatic heterocycles. The second kappa shape index (κ2) is 7.64. The maximum absolute atomic E-state index is 12.5. The number of aromatic nitrogens is 1. The summed E-state index contributed by atoms with van der Waals surface area (Å²) in [6.45, 7) is 4.20. The molecule has 1 amide bonds. The topological polar surface area (TPSA) is 75.3 Å². The number of carbonyl (C=O) groups is 1. The number of benzene rings is 1. The Balaban J connectivity index is 2.24. The number of nitriles is 1. The van der Waals surface area contributed by atoms with Gasteiger partial charge in [-0.15, -0.1) is 0 Å². The van der Waals surface area contributed by atoms with Gasteiger partial charge in [-0.05, 0) is 43.5 Å². The standard InChI is InChI=1S/C18H21N3O3/c1-13(2)24-15-5-6-16-14(11-15)7-10-21(18(16)23)12-17(22)20(3)9-4-8-19/h5-7,10-11,13H,4,9,12H2,1-3H3. The molecular formula is C18H21N3O3. The normalized spacial score (nSPS) is 10.6. The molecule has 126 valence electrons. The van der Waals surface area contributed by atoms with Crippen LogP contribution in [0.4, 0.5) is 0 Å². The summed E-state index contributed by atoms with van der Waals surface area (Å²) in [6.07, 6.45) is 1.94. The summed E-state index contributed by atoms with van der Waals surface area (Å²) in [4.78, 5) is 26.1. The highest BCUT2D eigenvalue weighted by Crippen LogP contribution is 2.19. The fourth-order valence-electron chi connectivity index (χ4n) is 2.34. The number of carbonyl (C=O) groups excluding carboxylic acids is 1. The lowest BCUT2D eigenvalue weighted by Gasteiger charge is -2.16. The van der Waals surface area contributed by atoms with E-state index >= 15 is 0 Å². The van der Waals surface area contributed by atoms with Gasteiger partial charge in [0.25, 0.3) is 5.56 Å². The lowest BCUT2D eigenvalue weighted by molar-refractivity contribution is -0.130. The van der Waals surface area contributed by atoms with Crippen molar-refractivity contribution in [2.24, 2.45) is 0 Å². The Labute approximate surface area is 140 Å². The summed E-state index contributed by atoms with van der Waals surface area (Å²) < 4.78 is 7.02. The molecule has 0 fully saturated rings. The molecule has 0 aliphatic carbocycles. The Kier molecular flexibility index (Phi) is 5.59. The molecular weight excluding hydrogens is 306 g/mol. The van der Waals surface area contributed by atoms with Crippen molar-refractivity contribution in [1.82, 2.24) is 9.47 Å². The lowest BCUT2D eigenvalue weighted by Crippen LogP contribution is -2.34. The zero-order chi connectivity index (χ0) is 17.7. The minimum Gasteiger partial charge on any atom is -0.491 e. The minimum atomic E-state index is -0.217. The van der Waals surface area contributed by atoms with Gasteiger partial charge in [0.2, 0.25) is 5.91 Å². The Morgan fingerprint density at radius 1 is 1.38 bits per heavy atom. The maximum Gasteiger partial charge on any atom is 0.258 e. The quantitative estimate of drug-likeness (QED) is 0.815. The Hall–Kier alpha value is -2.81. The van der Waals surface area contributed by atoms with Crippen molar-refractivity contribution >= 4 is 16.7 Å². The fraction of sp³-hybridized carbons (Fsp3) is 0.389. The van der Waals surface area contributed by atoms with Crippen LogP contribution in [-0.2, 0) is 11.3 Å². The van der Waals surface area contributed by atoms with Crippen LogP contribution in [0.3, 0.4) is 0 Å². The largest absolute Gasteiger partial charge is 0.491 e. The Morgan fingerprint density at radius 3 is 2.79 bits per heavy atom. The summed E-state index contributed by atoms with van der Waals surface area (Å²) in [6, 6.07) is 9.09. The number of amides is 1. The fourth-order valence-corrected chi connectivity index (χ4v) is 2.34. The van der Waals surface area contributed by atoms with E-state index in [2.05, 4.69) is 0 Å². The molecule has 0 saturated heterocycles. The zero-order valence-electron chi connectivity index (χ0n) is 14.2. The third kappa shape index (κ3) is 4.13. The number of pyridine rings is 1. The van der Waals surface area contributed by atoms with Crippen molar-refractivity contribution in [3.05, 3.63) is 40.8 Å². The predicted molar refractivity (Wildman–Crippen MR) is 91.8 cm³/mol. The summed E-state index contributed by atoms with van der Waals surface area (Å²) >= 11 is 0. The summed E-state index contributed by atoms with van der Waals surface area (Å²) in [7, 11) is 1.63. The zero-order valence-corrected chi connectivity index (χ0v) is 14.2. The number of hydrogen-bond acceptors (Lipinski definition) is 4. The molecule has 0 bridgehead atoms. The molecule has 0 N–H and O–H groups in total. The van der Waals surface area contributed by atoms with Crippen LogP contribution in [0.2, 0.25) is 0 Å². The molecule has 2 aromatic rings. The minimum absolute atomic E-state index is 0.0407. The van der Waals surface area contributed by atoms with Crippen LogP contribution in [0.25, 0.3) is 10.8 Å². The van der Waals surface area contributed by atoms with E-state index in [1.165, 1.54) is 9.47 Å². The van der Waals surface area contributed by atoms with Gasteiger partial charge in [-0.3, -0.25) is 9.59 Å². The molecule has 0 radical (unpaired) electrons. The number of hydrogen-bond donors (Lipinski definition) is 0. The van der Waals surface area contributed by atoms with Crippen LogP contribution in [0, 0.1) is 11.3 Å². The highest BCUT2D eigenvalue weighted by Gasteiger charge is 2.12. The summed E-state index contributed by atoms with van der Waals surface area (Å²) in [5.74, 6) is 0.508. The van der Waals surface area contributed by atoms with E-state index in [1.807, 2.05) is 26.0 Å². The monoisotopic (exact) mass is 327 g/mol. The van der Waals surface area contributed by atoms with Crippen molar-refractivity contribution in [3.63, 3.8) is 0 Å². The van der Waals surface area contributed by atoms with E-state index in [-0.39, 0.29) is 30.5 Å². The van der Waals surface area contributed by atoms with Crippen LogP contribution in [0.5, 0.6) is 5.75 Å². The van der Waals surface area contributed by atoms with E-state index < -0.39 is 0 Å². The van der Waals surface area contributed by atoms with E-state index in [0.717, 1.165) is 5.39 Å². The average molecular weight is 327 g/mol. The molecule has 6 nitrogen and oxygen atoms in total. The van der Waals surface area contributed by atoms with Gasteiger partial charge < -0.3 is 14.2 Å². The van der Waals surface area contributed by atoms with E-state index in [0.29, 0.717) is 17.7 Å². The average Bonchev–Trinajstić information content (AvgIpc) is 2.54. The molecule has 2 rings (SSSR count). The third-order valence-electron chi connectivity index (χ3n) is 3.61. The second-order valence-electron chi connectivity index (χ2n) is 5.89. The molecule has 6 heteroatoms. The van der Waals surface area contributed by atoms with Gasteiger partial charge in [-0.1, -0.05) is 0 Å². The van der Waals surface area contributed by atoms with Gasteiger partial charge in [0.05, 0.1) is 18.6 Å². The number of fused-ring (bicyclic) bond motifs is 1. The van der Waals surface area contributed by atoms with Crippen LogP contribution in [0.1, 0.15) is 20.3 Å². The Bertz CT molecular complexity index is 833. The third-order valence-corrected chi connectivity index (χ3v) is 3.61. The van der Waals surface area contributed by atoms with Crippen LogP contribution in [-0.4, -0.2) is 35.1 Å². The second-order valence-corrected chi connectivity index (χ2v) is 5.89. The smallest absolute Gasteiger partial charge is 0.258 e. The number of nitrogens with zero attached hydrogens (tertiary/aromatic N) is 3. The van der Waals surface area contributed by atoms with E-state index in [9.17, 15) is 9.59 Å². The summed E-state index contributed by atoms with van der Waals surface area (Å²) in [5.41, 5.74) is -0.217. The van der Waals surface area contributed by atoms with E-state index in [4.69, 9.17) is 10.00 Å². The van der Waals surface area contributed by atoms with Crippen molar-refractivity contribution in [2.75, 3.05) is 13.6 Å². The first kappa shape index (κ1) is 17.5. The maximum atomic E-state index is 12.5. The van der Waals surface area contributed by atoms with Crippen molar-refractivity contribution in [2.45, 2.75) is 32.9 Å². The number of rotatable bonds is 6. The summed E-state index contributed by atoms with van der Waals surface area (Å²) in [5, 5.41) is 9.89. The molecule has 0 atom stereocenters. The van der Waals surface area contributed by atoms with Gasteiger partial charge in [0, 0.05) is 25.2 Å². The van der Waals surface area contributed by atoms with Crippen LogP contribution < -0.4 is 10.3 Å². The van der Waals surface area contributed by atoms with Crippen molar-refractivity contribution in [3.8, 4) is 11.8 Å². The molecule has 1 heterocycles. The highest BCUT2D eigenvalue weighted by atomic mass is 16.5. The van der Waals surface area contributed by atoms with Gasteiger partial charge in [0.1, 0.15) is 12.3 Å². The molecule has 0 spiro atoms.